The Hall–Kier alpha value is -0.670. The van der Waals surface area contributed by atoms with E-state index in [1.54, 1.807) is 12.3 Å². The van der Waals surface area contributed by atoms with Crippen LogP contribution in [0.3, 0.4) is 0 Å². The molecule has 94 valence electrons. The fraction of sp³-hybridized carbons (Fsp3) is 0.615. The Kier molecular flexibility index (Phi) is 4.75. The molecule has 0 saturated heterocycles. The van der Waals surface area contributed by atoms with E-state index >= 15 is 0 Å². The van der Waals surface area contributed by atoms with Crippen LogP contribution in [-0.4, -0.2) is 28.4 Å². The summed E-state index contributed by atoms with van der Waals surface area (Å²) in [7, 11) is 0. The molecule has 0 radical (unpaired) electrons. The molecule has 1 aromatic heterocycles. The average Bonchev–Trinajstić information content (AvgIpc) is 2.23. The molecule has 1 saturated carbocycles. The quantitative estimate of drug-likeness (QED) is 0.727. The van der Waals surface area contributed by atoms with Crippen molar-refractivity contribution in [2.24, 2.45) is 0 Å². The fourth-order valence-corrected chi connectivity index (χ4v) is 2.30. The Labute approximate surface area is 107 Å². The maximum atomic E-state index is 13.1. The van der Waals surface area contributed by atoms with E-state index in [1.807, 2.05) is 0 Å². The number of hydrogen-bond acceptors (Lipinski definition) is 2. The maximum Gasteiger partial charge on any atom is 0.141 e. The molecular weight excluding hydrogens is 239 g/mol. The smallest absolute Gasteiger partial charge is 0.141 e. The van der Waals surface area contributed by atoms with E-state index in [4.69, 9.17) is 11.6 Å². The summed E-state index contributed by atoms with van der Waals surface area (Å²) in [5, 5.41) is 0. The van der Waals surface area contributed by atoms with Gasteiger partial charge >= 0.3 is 0 Å². The van der Waals surface area contributed by atoms with Crippen LogP contribution in [0.5, 0.6) is 0 Å². The topological polar surface area (TPSA) is 16.1 Å². The van der Waals surface area contributed by atoms with Gasteiger partial charge in [0.1, 0.15) is 5.82 Å². The lowest BCUT2D eigenvalue weighted by Gasteiger charge is -2.37. The minimum atomic E-state index is -0.256. The molecular formula is C13H18ClFN2. The first-order valence-corrected chi connectivity index (χ1v) is 6.72. The van der Waals surface area contributed by atoms with Crippen LogP contribution in [0.4, 0.5) is 4.39 Å². The van der Waals surface area contributed by atoms with Gasteiger partial charge in [-0.15, -0.1) is 11.6 Å². The van der Waals surface area contributed by atoms with Crippen LogP contribution < -0.4 is 0 Å². The van der Waals surface area contributed by atoms with E-state index in [9.17, 15) is 4.39 Å². The highest BCUT2D eigenvalue weighted by Gasteiger charge is 2.24. The number of hydrogen-bond donors (Lipinski definition) is 0. The van der Waals surface area contributed by atoms with Crippen molar-refractivity contribution in [3.8, 4) is 0 Å². The summed E-state index contributed by atoms with van der Waals surface area (Å²) in [6.07, 6.45) is 7.80. The summed E-state index contributed by atoms with van der Waals surface area (Å²) < 4.78 is 13.1. The Morgan fingerprint density at radius 2 is 2.24 bits per heavy atom. The lowest BCUT2D eigenvalue weighted by Crippen LogP contribution is -2.40. The van der Waals surface area contributed by atoms with Crippen LogP contribution in [0.1, 0.15) is 31.2 Å². The van der Waals surface area contributed by atoms with Gasteiger partial charge in [-0.25, -0.2) is 4.39 Å². The summed E-state index contributed by atoms with van der Waals surface area (Å²) in [4.78, 5) is 6.30. The Morgan fingerprint density at radius 3 is 2.82 bits per heavy atom. The second-order valence-corrected chi connectivity index (χ2v) is 4.99. The van der Waals surface area contributed by atoms with Crippen LogP contribution in [0, 0.1) is 5.82 Å². The molecule has 17 heavy (non-hydrogen) atoms. The van der Waals surface area contributed by atoms with Crippen LogP contribution in [0.25, 0.3) is 0 Å². The fourth-order valence-electron chi connectivity index (χ4n) is 2.18. The van der Waals surface area contributed by atoms with Gasteiger partial charge in [0, 0.05) is 24.7 Å². The van der Waals surface area contributed by atoms with Gasteiger partial charge in [-0.2, -0.15) is 0 Å². The number of rotatable bonds is 6. The van der Waals surface area contributed by atoms with Gasteiger partial charge in [0.25, 0.3) is 0 Å². The Bertz CT molecular complexity index is 355. The minimum Gasteiger partial charge on any atom is -0.296 e. The first-order valence-electron chi connectivity index (χ1n) is 6.19. The second kappa shape index (κ2) is 6.31. The third-order valence-electron chi connectivity index (χ3n) is 3.32. The molecule has 1 aromatic rings. The highest BCUT2D eigenvalue weighted by atomic mass is 35.5. The van der Waals surface area contributed by atoms with Crippen molar-refractivity contribution in [3.05, 3.63) is 29.8 Å². The molecule has 1 fully saturated rings. The second-order valence-electron chi connectivity index (χ2n) is 4.61. The number of nitrogens with zero attached hydrogens (tertiary/aromatic N) is 2. The van der Waals surface area contributed by atoms with Crippen LogP contribution >= 0.6 is 11.6 Å². The summed E-state index contributed by atoms with van der Waals surface area (Å²) in [6.45, 7) is 1.77. The van der Waals surface area contributed by atoms with Crippen molar-refractivity contribution in [1.82, 2.24) is 9.88 Å². The monoisotopic (exact) mass is 256 g/mol. The van der Waals surface area contributed by atoms with Crippen molar-refractivity contribution >= 4 is 11.6 Å². The molecule has 0 aromatic carbocycles. The van der Waals surface area contributed by atoms with Gasteiger partial charge < -0.3 is 0 Å². The van der Waals surface area contributed by atoms with E-state index < -0.39 is 0 Å². The highest BCUT2D eigenvalue weighted by Crippen LogP contribution is 2.26. The van der Waals surface area contributed by atoms with Gasteiger partial charge in [-0.1, -0.05) is 6.42 Å². The molecule has 0 atom stereocenters. The highest BCUT2D eigenvalue weighted by molar-refractivity contribution is 6.17. The average molecular weight is 257 g/mol. The largest absolute Gasteiger partial charge is 0.296 e. The minimum absolute atomic E-state index is 0.256. The summed E-state index contributed by atoms with van der Waals surface area (Å²) in [6, 6.07) is 2.22. The number of alkyl halides is 1. The van der Waals surface area contributed by atoms with Gasteiger partial charge in [-0.3, -0.25) is 9.88 Å². The zero-order chi connectivity index (χ0) is 12.1. The molecule has 4 heteroatoms. The predicted octanol–water partition coefficient (Wildman–Crippen LogP) is 3.20. The first-order chi connectivity index (χ1) is 8.29. The van der Waals surface area contributed by atoms with Crippen molar-refractivity contribution in [2.75, 3.05) is 12.4 Å². The molecule has 1 heterocycles. The molecule has 0 bridgehead atoms. The molecule has 2 rings (SSSR count). The third-order valence-corrected chi connectivity index (χ3v) is 3.58. The van der Waals surface area contributed by atoms with E-state index in [1.165, 1.54) is 25.5 Å². The molecule has 2 nitrogen and oxygen atoms in total. The molecule has 0 amide bonds. The lowest BCUT2D eigenvalue weighted by atomic mass is 9.91. The van der Waals surface area contributed by atoms with Crippen molar-refractivity contribution in [3.63, 3.8) is 0 Å². The Morgan fingerprint density at radius 1 is 1.41 bits per heavy atom. The van der Waals surface area contributed by atoms with Crippen LogP contribution in [-0.2, 0) is 6.54 Å². The summed E-state index contributed by atoms with van der Waals surface area (Å²) in [5.41, 5.74) is 0.950. The predicted molar refractivity (Wildman–Crippen MR) is 67.6 cm³/mol. The number of halogens is 2. The molecule has 0 aliphatic heterocycles. The van der Waals surface area contributed by atoms with Crippen LogP contribution in [0.15, 0.2) is 18.5 Å². The SMILES string of the molecule is Fc1cncc(CN(CCCCl)C2CCC2)c1. The molecule has 0 unspecified atom stereocenters. The zero-order valence-electron chi connectivity index (χ0n) is 9.91. The van der Waals surface area contributed by atoms with Crippen molar-refractivity contribution in [1.29, 1.82) is 0 Å². The first kappa shape index (κ1) is 12.8. The molecule has 0 spiro atoms. The molecule has 1 aliphatic rings. The third kappa shape index (κ3) is 3.65. The van der Waals surface area contributed by atoms with Crippen molar-refractivity contribution < 1.29 is 4.39 Å². The van der Waals surface area contributed by atoms with E-state index in [0.29, 0.717) is 11.9 Å². The van der Waals surface area contributed by atoms with E-state index in [-0.39, 0.29) is 5.82 Å². The van der Waals surface area contributed by atoms with E-state index in [0.717, 1.165) is 25.1 Å². The Balaban J connectivity index is 1.95. The standard InChI is InChI=1S/C13H18ClFN2/c14-5-2-6-17(13-3-1-4-13)10-11-7-12(15)9-16-8-11/h7-9,13H,1-6,10H2. The molecule has 0 N–H and O–H groups in total. The zero-order valence-corrected chi connectivity index (χ0v) is 10.7. The van der Waals surface area contributed by atoms with Crippen molar-refractivity contribution in [2.45, 2.75) is 38.3 Å². The van der Waals surface area contributed by atoms with Crippen LogP contribution in [0.2, 0.25) is 0 Å². The number of pyridine rings is 1. The van der Waals surface area contributed by atoms with E-state index in [2.05, 4.69) is 9.88 Å². The lowest BCUT2D eigenvalue weighted by molar-refractivity contribution is 0.119. The number of aromatic nitrogens is 1. The van der Waals surface area contributed by atoms with Gasteiger partial charge in [0.2, 0.25) is 0 Å². The maximum absolute atomic E-state index is 13.1. The molecule has 1 aliphatic carbocycles. The normalized spacial score (nSPS) is 16.2. The summed E-state index contributed by atoms with van der Waals surface area (Å²) in [5.74, 6) is 0.429. The summed E-state index contributed by atoms with van der Waals surface area (Å²) >= 11 is 5.74. The van der Waals surface area contributed by atoms with Gasteiger partial charge in [-0.05, 0) is 37.4 Å². The van der Waals surface area contributed by atoms with Gasteiger partial charge in [0.15, 0.2) is 0 Å². The van der Waals surface area contributed by atoms with Gasteiger partial charge in [0.05, 0.1) is 6.20 Å².